The van der Waals surface area contributed by atoms with E-state index >= 15 is 0 Å². The maximum Gasteiger partial charge on any atom is 0.289 e. The molecular formula is C18H21N3O5. The van der Waals surface area contributed by atoms with E-state index in [4.69, 9.17) is 9.15 Å². The van der Waals surface area contributed by atoms with E-state index in [1.165, 1.54) is 24.3 Å². The van der Waals surface area contributed by atoms with Crippen LogP contribution < -0.4 is 15.4 Å². The molecule has 0 aliphatic carbocycles. The first-order chi connectivity index (χ1) is 12.5. The van der Waals surface area contributed by atoms with Gasteiger partial charge in [-0.2, -0.15) is 0 Å². The second-order valence-electron chi connectivity index (χ2n) is 5.45. The molecule has 0 fully saturated rings. The Morgan fingerprint density at radius 1 is 1.12 bits per heavy atom. The Labute approximate surface area is 151 Å². The van der Waals surface area contributed by atoms with Crippen LogP contribution in [0.1, 0.15) is 17.5 Å². The van der Waals surface area contributed by atoms with Crippen molar-refractivity contribution in [1.29, 1.82) is 0 Å². The Balaban J connectivity index is 1.81. The van der Waals surface area contributed by atoms with Gasteiger partial charge in [-0.25, -0.2) is 0 Å². The molecule has 0 radical (unpaired) electrons. The molecule has 2 aromatic rings. The fourth-order valence-electron chi connectivity index (χ4n) is 2.11. The minimum Gasteiger partial charge on any atom is -0.484 e. The summed E-state index contributed by atoms with van der Waals surface area (Å²) in [5.74, 6) is -0.231. The fraction of sp³-hybridized carbons (Fsp3) is 0.278. The summed E-state index contributed by atoms with van der Waals surface area (Å²) in [5.41, 5.74) is 0.555. The van der Waals surface area contributed by atoms with E-state index < -0.39 is 0 Å². The van der Waals surface area contributed by atoms with Gasteiger partial charge in [-0.05, 0) is 43.3 Å². The maximum absolute atomic E-state index is 12.0. The van der Waals surface area contributed by atoms with Crippen LogP contribution in [0.5, 0.6) is 5.75 Å². The number of hydrogen-bond acceptors (Lipinski definition) is 5. The summed E-state index contributed by atoms with van der Waals surface area (Å²) >= 11 is 0. The van der Waals surface area contributed by atoms with E-state index in [0.29, 0.717) is 18.0 Å². The molecule has 1 aromatic heterocycles. The molecule has 0 bridgehead atoms. The zero-order valence-corrected chi connectivity index (χ0v) is 14.7. The van der Waals surface area contributed by atoms with Crippen LogP contribution in [-0.2, 0) is 9.59 Å². The van der Waals surface area contributed by atoms with Gasteiger partial charge in [-0.15, -0.1) is 0 Å². The highest BCUT2D eigenvalue weighted by Gasteiger charge is 2.17. The first-order valence-corrected chi connectivity index (χ1v) is 8.08. The molecule has 2 N–H and O–H groups in total. The van der Waals surface area contributed by atoms with Crippen molar-refractivity contribution in [2.24, 2.45) is 0 Å². The first kappa shape index (κ1) is 19.0. The lowest BCUT2D eigenvalue weighted by Crippen LogP contribution is -2.34. The summed E-state index contributed by atoms with van der Waals surface area (Å²) in [6.45, 7) is 2.19. The van der Waals surface area contributed by atoms with E-state index in [1.807, 2.05) is 6.92 Å². The van der Waals surface area contributed by atoms with Crippen molar-refractivity contribution in [2.45, 2.75) is 6.92 Å². The summed E-state index contributed by atoms with van der Waals surface area (Å²) in [7, 11) is 1.52. The molecule has 2 rings (SSSR count). The number of benzene rings is 1. The number of carbonyl (C=O) groups excluding carboxylic acids is 3. The molecule has 0 aliphatic rings. The molecule has 0 spiro atoms. The van der Waals surface area contributed by atoms with Gasteiger partial charge in [-0.1, -0.05) is 0 Å². The lowest BCUT2D eigenvalue weighted by molar-refractivity contribution is -0.123. The Morgan fingerprint density at radius 3 is 2.46 bits per heavy atom. The minimum absolute atomic E-state index is 0.0702. The van der Waals surface area contributed by atoms with Crippen molar-refractivity contribution in [3.8, 4) is 5.75 Å². The van der Waals surface area contributed by atoms with E-state index in [9.17, 15) is 14.4 Å². The second kappa shape index (κ2) is 9.26. The standard InChI is InChI=1S/C18H21N3O5/c1-3-19-17(23)12-26-14-8-6-13(7-9-14)20-16(22)11-21(2)18(24)15-5-4-10-25-15/h4-10H,3,11-12H2,1-2H3,(H,19,23)(H,20,22). The molecule has 0 aliphatic heterocycles. The van der Waals surface area contributed by atoms with Gasteiger partial charge in [0.05, 0.1) is 12.8 Å². The summed E-state index contributed by atoms with van der Waals surface area (Å²) in [5, 5.41) is 5.32. The number of nitrogens with zero attached hydrogens (tertiary/aromatic N) is 1. The van der Waals surface area contributed by atoms with Crippen molar-refractivity contribution in [2.75, 3.05) is 32.1 Å². The molecule has 1 aromatic carbocycles. The van der Waals surface area contributed by atoms with Gasteiger partial charge in [0.25, 0.3) is 11.8 Å². The zero-order chi connectivity index (χ0) is 18.9. The highest BCUT2D eigenvalue weighted by Crippen LogP contribution is 2.15. The van der Waals surface area contributed by atoms with Gasteiger partial charge in [0.1, 0.15) is 5.75 Å². The smallest absolute Gasteiger partial charge is 0.289 e. The van der Waals surface area contributed by atoms with Crippen LogP contribution in [0.15, 0.2) is 47.1 Å². The second-order valence-corrected chi connectivity index (χ2v) is 5.45. The number of anilines is 1. The summed E-state index contributed by atoms with van der Waals surface area (Å²) in [6.07, 6.45) is 1.40. The highest BCUT2D eigenvalue weighted by molar-refractivity contribution is 5.97. The summed E-state index contributed by atoms with van der Waals surface area (Å²) in [6, 6.07) is 9.74. The van der Waals surface area contributed by atoms with Crippen molar-refractivity contribution in [1.82, 2.24) is 10.2 Å². The van der Waals surface area contributed by atoms with Crippen LogP contribution in [-0.4, -0.2) is 49.4 Å². The Kier molecular flexibility index (Phi) is 6.78. The van der Waals surface area contributed by atoms with Crippen LogP contribution in [0.4, 0.5) is 5.69 Å². The average Bonchev–Trinajstić information content (AvgIpc) is 3.15. The third kappa shape index (κ3) is 5.66. The predicted octanol–water partition coefficient (Wildman–Crippen LogP) is 1.51. The van der Waals surface area contributed by atoms with E-state index in [-0.39, 0.29) is 36.6 Å². The van der Waals surface area contributed by atoms with Crippen LogP contribution >= 0.6 is 0 Å². The molecule has 3 amide bonds. The third-order valence-corrected chi connectivity index (χ3v) is 3.34. The van der Waals surface area contributed by atoms with Crippen LogP contribution in [0.25, 0.3) is 0 Å². The van der Waals surface area contributed by atoms with Gasteiger partial charge >= 0.3 is 0 Å². The number of furan rings is 1. The summed E-state index contributed by atoms with van der Waals surface area (Å²) in [4.78, 5) is 36.7. The minimum atomic E-state index is -0.376. The summed E-state index contributed by atoms with van der Waals surface area (Å²) < 4.78 is 10.3. The van der Waals surface area contributed by atoms with E-state index in [2.05, 4.69) is 10.6 Å². The number of nitrogens with one attached hydrogen (secondary N) is 2. The molecule has 8 nitrogen and oxygen atoms in total. The van der Waals surface area contributed by atoms with Crippen molar-refractivity contribution < 1.29 is 23.5 Å². The lowest BCUT2D eigenvalue weighted by Gasteiger charge is -2.15. The van der Waals surface area contributed by atoms with E-state index in [0.717, 1.165) is 0 Å². The average molecular weight is 359 g/mol. The molecule has 0 atom stereocenters. The van der Waals surface area contributed by atoms with Gasteiger partial charge in [0.15, 0.2) is 12.4 Å². The maximum atomic E-state index is 12.0. The van der Waals surface area contributed by atoms with Crippen LogP contribution in [0.3, 0.4) is 0 Å². The molecule has 0 saturated heterocycles. The largest absolute Gasteiger partial charge is 0.484 e. The van der Waals surface area contributed by atoms with Crippen molar-refractivity contribution in [3.63, 3.8) is 0 Å². The van der Waals surface area contributed by atoms with Gasteiger partial charge < -0.3 is 24.7 Å². The Morgan fingerprint density at radius 2 is 1.85 bits per heavy atom. The fourth-order valence-corrected chi connectivity index (χ4v) is 2.11. The molecule has 8 heteroatoms. The Hall–Kier alpha value is -3.29. The number of ether oxygens (including phenoxy) is 1. The lowest BCUT2D eigenvalue weighted by atomic mass is 10.3. The molecule has 0 unspecified atom stereocenters. The molecule has 0 saturated carbocycles. The number of likely N-dealkylation sites (N-methyl/N-ethyl adjacent to an activating group) is 2. The normalized spacial score (nSPS) is 10.1. The molecule has 1 heterocycles. The Bertz CT molecular complexity index is 741. The highest BCUT2D eigenvalue weighted by atomic mass is 16.5. The monoisotopic (exact) mass is 359 g/mol. The SMILES string of the molecule is CCNC(=O)COc1ccc(NC(=O)CN(C)C(=O)c2ccco2)cc1. The van der Waals surface area contributed by atoms with Gasteiger partial charge in [0, 0.05) is 19.3 Å². The van der Waals surface area contributed by atoms with Crippen LogP contribution in [0, 0.1) is 0 Å². The first-order valence-electron chi connectivity index (χ1n) is 8.08. The number of carbonyl (C=O) groups is 3. The van der Waals surface area contributed by atoms with Crippen molar-refractivity contribution in [3.05, 3.63) is 48.4 Å². The quantitative estimate of drug-likeness (QED) is 0.744. The van der Waals surface area contributed by atoms with Crippen molar-refractivity contribution >= 4 is 23.4 Å². The molecule has 138 valence electrons. The zero-order valence-electron chi connectivity index (χ0n) is 14.7. The molecule has 26 heavy (non-hydrogen) atoms. The topological polar surface area (TPSA) is 101 Å². The molecular weight excluding hydrogens is 338 g/mol. The van der Waals surface area contributed by atoms with Gasteiger partial charge in [0.2, 0.25) is 5.91 Å². The third-order valence-electron chi connectivity index (χ3n) is 3.34. The predicted molar refractivity (Wildman–Crippen MR) is 94.9 cm³/mol. The number of amides is 3. The number of hydrogen-bond donors (Lipinski definition) is 2. The number of rotatable bonds is 8. The van der Waals surface area contributed by atoms with Crippen LogP contribution in [0.2, 0.25) is 0 Å². The van der Waals surface area contributed by atoms with E-state index in [1.54, 1.807) is 30.3 Å². The van der Waals surface area contributed by atoms with Gasteiger partial charge in [-0.3, -0.25) is 14.4 Å².